The predicted octanol–water partition coefficient (Wildman–Crippen LogP) is 3.80. The molecule has 0 bridgehead atoms. The second kappa shape index (κ2) is 11.7. The van der Waals surface area contributed by atoms with Gasteiger partial charge in [0.15, 0.2) is 0 Å². The summed E-state index contributed by atoms with van der Waals surface area (Å²) in [6, 6.07) is 0. The summed E-state index contributed by atoms with van der Waals surface area (Å²) >= 11 is 0. The minimum atomic E-state index is -0.637. The predicted molar refractivity (Wildman–Crippen MR) is 118 cm³/mol. The van der Waals surface area contributed by atoms with Gasteiger partial charge in [-0.05, 0) is 32.1 Å². The van der Waals surface area contributed by atoms with Crippen LogP contribution in [0, 0.1) is 29.1 Å². The van der Waals surface area contributed by atoms with Gasteiger partial charge >= 0.3 is 11.9 Å². The van der Waals surface area contributed by atoms with Crippen LogP contribution >= 0.6 is 0 Å². The smallest absolute Gasteiger partial charge is 0.305 e. The molecule has 1 saturated heterocycles. The number of hydrogen-bond acceptors (Lipinski definition) is 6. The third kappa shape index (κ3) is 7.36. The van der Waals surface area contributed by atoms with Crippen molar-refractivity contribution in [2.75, 3.05) is 7.11 Å². The SMILES string of the molecule is CC#CCC(C)(C)[C@H](O)C=C[C@@H]1[C@H]2C[C@H](CCCCC(=O)OC)O[C@H]2C[C@H]1OC(C)=O. The molecule has 2 rings (SSSR count). The van der Waals surface area contributed by atoms with Crippen molar-refractivity contribution in [1.82, 2.24) is 0 Å². The van der Waals surface area contributed by atoms with E-state index in [1.807, 2.05) is 26.0 Å². The molecule has 0 aromatic carbocycles. The Morgan fingerprint density at radius 2 is 2.03 bits per heavy atom. The normalized spacial score (nSPS) is 28.6. The molecular formula is C25H38O6. The van der Waals surface area contributed by atoms with Gasteiger partial charge in [-0.3, -0.25) is 9.59 Å². The van der Waals surface area contributed by atoms with Crippen LogP contribution in [-0.4, -0.2) is 48.6 Å². The minimum Gasteiger partial charge on any atom is -0.469 e. The van der Waals surface area contributed by atoms with Gasteiger partial charge in [0, 0.05) is 37.5 Å². The van der Waals surface area contributed by atoms with Crippen molar-refractivity contribution in [2.24, 2.45) is 17.3 Å². The first-order valence-corrected chi connectivity index (χ1v) is 11.3. The van der Waals surface area contributed by atoms with Gasteiger partial charge in [0.25, 0.3) is 0 Å². The number of rotatable bonds is 10. The van der Waals surface area contributed by atoms with Crippen LogP contribution in [0.25, 0.3) is 0 Å². The number of carbonyl (C=O) groups is 2. The molecule has 0 radical (unpaired) electrons. The molecule has 2 aliphatic rings. The Morgan fingerprint density at radius 1 is 1.29 bits per heavy atom. The molecule has 31 heavy (non-hydrogen) atoms. The molecular weight excluding hydrogens is 396 g/mol. The molecule has 0 amide bonds. The summed E-state index contributed by atoms with van der Waals surface area (Å²) in [6.45, 7) is 7.22. The lowest BCUT2D eigenvalue weighted by atomic mass is 9.82. The topological polar surface area (TPSA) is 82.1 Å². The summed E-state index contributed by atoms with van der Waals surface area (Å²) in [5, 5.41) is 10.7. The van der Waals surface area contributed by atoms with Crippen LogP contribution < -0.4 is 0 Å². The summed E-state index contributed by atoms with van der Waals surface area (Å²) < 4.78 is 16.5. The van der Waals surface area contributed by atoms with Crippen molar-refractivity contribution in [3.8, 4) is 11.8 Å². The molecule has 1 aliphatic heterocycles. The van der Waals surface area contributed by atoms with Gasteiger partial charge in [-0.15, -0.1) is 11.8 Å². The lowest BCUT2D eigenvalue weighted by molar-refractivity contribution is -0.148. The van der Waals surface area contributed by atoms with E-state index < -0.39 is 6.10 Å². The van der Waals surface area contributed by atoms with Gasteiger partial charge in [-0.1, -0.05) is 32.4 Å². The fourth-order valence-electron chi connectivity index (χ4n) is 4.61. The lowest BCUT2D eigenvalue weighted by Gasteiger charge is -2.27. The number of fused-ring (bicyclic) bond motifs is 1. The first kappa shape index (κ1) is 25.4. The summed E-state index contributed by atoms with van der Waals surface area (Å²) in [5.41, 5.74) is -0.358. The molecule has 0 aromatic heterocycles. The highest BCUT2D eigenvalue weighted by Gasteiger charge is 2.49. The van der Waals surface area contributed by atoms with Crippen molar-refractivity contribution in [3.05, 3.63) is 12.2 Å². The van der Waals surface area contributed by atoms with Gasteiger partial charge in [0.1, 0.15) is 6.10 Å². The molecule has 2 fully saturated rings. The number of methoxy groups -OCH3 is 1. The molecule has 0 spiro atoms. The minimum absolute atomic E-state index is 0.0247. The van der Waals surface area contributed by atoms with Crippen LogP contribution in [0.1, 0.15) is 72.6 Å². The zero-order chi connectivity index (χ0) is 23.0. The van der Waals surface area contributed by atoms with Gasteiger partial charge in [0.2, 0.25) is 0 Å². The van der Waals surface area contributed by atoms with Crippen molar-refractivity contribution >= 4 is 11.9 Å². The number of aliphatic hydroxyl groups excluding tert-OH is 1. The van der Waals surface area contributed by atoms with E-state index in [9.17, 15) is 14.7 Å². The van der Waals surface area contributed by atoms with Crippen molar-refractivity contribution < 1.29 is 28.9 Å². The monoisotopic (exact) mass is 434 g/mol. The van der Waals surface area contributed by atoms with Gasteiger partial charge in [0.05, 0.1) is 25.4 Å². The van der Waals surface area contributed by atoms with Crippen molar-refractivity contribution in [3.63, 3.8) is 0 Å². The lowest BCUT2D eigenvalue weighted by Crippen LogP contribution is -2.28. The maximum absolute atomic E-state index is 11.6. The summed E-state index contributed by atoms with van der Waals surface area (Å²) in [6.07, 6.45) is 8.45. The highest BCUT2D eigenvalue weighted by Crippen LogP contribution is 2.46. The van der Waals surface area contributed by atoms with Crippen LogP contribution in [0.15, 0.2) is 12.2 Å². The van der Waals surface area contributed by atoms with E-state index in [0.29, 0.717) is 19.3 Å². The summed E-state index contributed by atoms with van der Waals surface area (Å²) in [5.74, 6) is 5.75. The molecule has 1 saturated carbocycles. The molecule has 6 heteroatoms. The van der Waals surface area contributed by atoms with Crippen LogP contribution in [0.2, 0.25) is 0 Å². The first-order chi connectivity index (χ1) is 14.7. The van der Waals surface area contributed by atoms with E-state index >= 15 is 0 Å². The zero-order valence-corrected chi connectivity index (χ0v) is 19.6. The number of aliphatic hydroxyl groups is 1. The number of hydrogen-bond donors (Lipinski definition) is 1. The molecule has 6 atom stereocenters. The standard InChI is InChI=1S/C25H38O6/c1-6-7-14-25(3,4)23(27)13-12-19-20-15-18(10-8-9-11-24(28)29-5)31-22(20)16-21(19)30-17(2)26/h12-13,18-23,27H,8-11,14-16H2,1-5H3/t18-,19+,20+,21+,22-,23+/m0/s1. The number of ether oxygens (including phenoxy) is 3. The molecule has 1 heterocycles. The molecule has 0 unspecified atom stereocenters. The number of esters is 2. The molecule has 1 N–H and O–H groups in total. The van der Waals surface area contributed by atoms with E-state index in [0.717, 1.165) is 25.7 Å². The Balaban J connectivity index is 1.98. The van der Waals surface area contributed by atoms with Crippen LogP contribution in [0.3, 0.4) is 0 Å². The maximum Gasteiger partial charge on any atom is 0.305 e. The Kier molecular flexibility index (Phi) is 9.58. The molecule has 174 valence electrons. The first-order valence-electron chi connectivity index (χ1n) is 11.3. The molecule has 0 aromatic rings. The summed E-state index contributed by atoms with van der Waals surface area (Å²) in [7, 11) is 1.41. The van der Waals surface area contributed by atoms with Crippen LogP contribution in [-0.2, 0) is 23.8 Å². The highest BCUT2D eigenvalue weighted by atomic mass is 16.6. The maximum atomic E-state index is 11.6. The fraction of sp³-hybridized carbons (Fsp3) is 0.760. The molecule has 1 aliphatic carbocycles. The second-order valence-electron chi connectivity index (χ2n) is 9.40. The van der Waals surface area contributed by atoms with Gasteiger partial charge in [-0.25, -0.2) is 0 Å². The van der Waals surface area contributed by atoms with E-state index in [1.165, 1.54) is 14.0 Å². The van der Waals surface area contributed by atoms with E-state index in [1.54, 1.807) is 6.92 Å². The Labute approximate surface area is 186 Å². The Bertz CT molecular complexity index is 701. The second-order valence-corrected chi connectivity index (χ2v) is 9.40. The van der Waals surface area contributed by atoms with Crippen LogP contribution in [0.5, 0.6) is 0 Å². The Hall–Kier alpha value is -1.84. The average molecular weight is 435 g/mol. The van der Waals surface area contributed by atoms with E-state index in [2.05, 4.69) is 16.6 Å². The Morgan fingerprint density at radius 3 is 2.68 bits per heavy atom. The van der Waals surface area contributed by atoms with Gasteiger partial charge in [-0.2, -0.15) is 0 Å². The number of unbranched alkanes of at least 4 members (excludes halogenated alkanes) is 1. The quantitative estimate of drug-likeness (QED) is 0.244. The fourth-order valence-corrected chi connectivity index (χ4v) is 4.61. The zero-order valence-electron chi connectivity index (χ0n) is 19.6. The third-order valence-electron chi connectivity index (χ3n) is 6.51. The highest BCUT2D eigenvalue weighted by molar-refractivity contribution is 5.69. The molecule has 6 nitrogen and oxygen atoms in total. The van der Waals surface area contributed by atoms with E-state index in [-0.39, 0.29) is 47.5 Å². The van der Waals surface area contributed by atoms with Crippen LogP contribution in [0.4, 0.5) is 0 Å². The largest absolute Gasteiger partial charge is 0.469 e. The van der Waals surface area contributed by atoms with Crippen molar-refractivity contribution in [2.45, 2.75) is 97.1 Å². The van der Waals surface area contributed by atoms with E-state index in [4.69, 9.17) is 9.47 Å². The third-order valence-corrected chi connectivity index (χ3v) is 6.51. The number of carbonyl (C=O) groups excluding carboxylic acids is 2. The summed E-state index contributed by atoms with van der Waals surface area (Å²) in [4.78, 5) is 22.9. The van der Waals surface area contributed by atoms with Gasteiger partial charge < -0.3 is 19.3 Å². The average Bonchev–Trinajstić information content (AvgIpc) is 3.24. The van der Waals surface area contributed by atoms with Crippen molar-refractivity contribution in [1.29, 1.82) is 0 Å².